The Morgan fingerprint density at radius 2 is 1.75 bits per heavy atom. The average Bonchev–Trinajstić information content (AvgIpc) is 2.93. The molecule has 1 N–H and O–H groups in total. The van der Waals surface area contributed by atoms with Crippen LogP contribution in [0.1, 0.15) is 29.7 Å². The quantitative estimate of drug-likeness (QED) is 0.729. The minimum absolute atomic E-state index is 0.171. The van der Waals surface area contributed by atoms with Gasteiger partial charge >= 0.3 is 10.1 Å². The Balaban J connectivity index is 1.70. The number of aromatic amines is 1. The number of rotatable bonds is 3. The molecule has 1 aliphatic carbocycles. The van der Waals surface area contributed by atoms with Gasteiger partial charge in [0, 0.05) is 16.6 Å². The summed E-state index contributed by atoms with van der Waals surface area (Å²) in [4.78, 5) is 3.61. The van der Waals surface area contributed by atoms with E-state index in [0.717, 1.165) is 29.3 Å². The zero-order valence-electron chi connectivity index (χ0n) is 13.5. The number of aryl methyl sites for hydroxylation is 3. The van der Waals surface area contributed by atoms with Crippen molar-refractivity contribution in [2.75, 3.05) is 0 Å². The van der Waals surface area contributed by atoms with Crippen LogP contribution in [0.4, 0.5) is 0 Å². The van der Waals surface area contributed by atoms with E-state index in [0.29, 0.717) is 5.75 Å². The van der Waals surface area contributed by atoms with E-state index in [1.54, 1.807) is 30.3 Å². The Morgan fingerprint density at radius 1 is 1.00 bits per heavy atom. The molecule has 0 amide bonds. The van der Waals surface area contributed by atoms with Crippen LogP contribution in [-0.2, 0) is 23.0 Å². The van der Waals surface area contributed by atoms with Gasteiger partial charge in [-0.3, -0.25) is 0 Å². The monoisotopic (exact) mass is 341 g/mol. The van der Waals surface area contributed by atoms with Gasteiger partial charge < -0.3 is 9.17 Å². The Bertz CT molecular complexity index is 1000. The molecule has 0 bridgehead atoms. The Labute approximate surface area is 141 Å². The number of H-pyrrole nitrogens is 1. The van der Waals surface area contributed by atoms with Gasteiger partial charge in [0.15, 0.2) is 0 Å². The highest BCUT2D eigenvalue weighted by Crippen LogP contribution is 2.32. The van der Waals surface area contributed by atoms with E-state index in [1.165, 1.54) is 24.1 Å². The van der Waals surface area contributed by atoms with Crippen LogP contribution in [0, 0.1) is 6.92 Å². The van der Waals surface area contributed by atoms with Crippen molar-refractivity contribution in [3.05, 3.63) is 59.3 Å². The summed E-state index contributed by atoms with van der Waals surface area (Å²) in [6.45, 7) is 1.92. The van der Waals surface area contributed by atoms with Crippen LogP contribution in [0.15, 0.2) is 47.4 Å². The third-order valence-corrected chi connectivity index (χ3v) is 5.85. The molecule has 0 saturated heterocycles. The lowest BCUT2D eigenvalue weighted by atomic mass is 9.96. The highest BCUT2D eigenvalue weighted by atomic mass is 32.2. The predicted molar refractivity (Wildman–Crippen MR) is 93.9 cm³/mol. The minimum Gasteiger partial charge on any atom is -0.379 e. The summed E-state index contributed by atoms with van der Waals surface area (Å²) in [5.74, 6) is 0.357. The molecule has 0 aliphatic heterocycles. The van der Waals surface area contributed by atoms with Gasteiger partial charge in [-0.15, -0.1) is 0 Å². The first kappa shape index (κ1) is 15.3. The van der Waals surface area contributed by atoms with Crippen molar-refractivity contribution in [3.8, 4) is 5.75 Å². The molecule has 1 heterocycles. The van der Waals surface area contributed by atoms with E-state index in [9.17, 15) is 8.42 Å². The average molecular weight is 341 g/mol. The number of fused-ring (bicyclic) bond motifs is 3. The molecule has 0 saturated carbocycles. The molecule has 5 heteroatoms. The first-order valence-corrected chi connectivity index (χ1v) is 9.58. The van der Waals surface area contributed by atoms with Crippen LogP contribution in [-0.4, -0.2) is 13.4 Å². The van der Waals surface area contributed by atoms with Crippen molar-refractivity contribution < 1.29 is 12.6 Å². The zero-order valence-corrected chi connectivity index (χ0v) is 14.3. The van der Waals surface area contributed by atoms with Crippen molar-refractivity contribution >= 4 is 21.0 Å². The van der Waals surface area contributed by atoms with Gasteiger partial charge in [0.05, 0.1) is 0 Å². The third-order valence-electron chi connectivity index (χ3n) is 4.59. The van der Waals surface area contributed by atoms with Gasteiger partial charge in [0.1, 0.15) is 10.6 Å². The SMILES string of the molecule is Cc1ccc(S(=O)(=O)Oc2ccc3[nH]c4c(c3c2)CCCC4)cc1. The summed E-state index contributed by atoms with van der Waals surface area (Å²) in [5, 5.41) is 1.07. The fraction of sp³-hybridized carbons (Fsp3) is 0.263. The van der Waals surface area contributed by atoms with Gasteiger partial charge in [-0.1, -0.05) is 17.7 Å². The molecule has 4 rings (SSSR count). The van der Waals surface area contributed by atoms with Crippen molar-refractivity contribution in [3.63, 3.8) is 0 Å². The normalized spacial score (nSPS) is 14.5. The topological polar surface area (TPSA) is 59.2 Å². The predicted octanol–water partition coefficient (Wildman–Crippen LogP) is 4.12. The van der Waals surface area contributed by atoms with Crippen molar-refractivity contribution in [2.45, 2.75) is 37.5 Å². The summed E-state index contributed by atoms with van der Waals surface area (Å²) in [5.41, 5.74) is 4.63. The highest BCUT2D eigenvalue weighted by Gasteiger charge is 2.19. The molecule has 2 aromatic carbocycles. The molecule has 0 atom stereocenters. The van der Waals surface area contributed by atoms with Gasteiger partial charge in [-0.25, -0.2) is 0 Å². The van der Waals surface area contributed by atoms with Crippen LogP contribution in [0.5, 0.6) is 5.75 Å². The first-order chi connectivity index (χ1) is 11.5. The van der Waals surface area contributed by atoms with Crippen LogP contribution in [0.3, 0.4) is 0 Å². The van der Waals surface area contributed by atoms with Crippen LogP contribution in [0.25, 0.3) is 10.9 Å². The van der Waals surface area contributed by atoms with Crippen molar-refractivity contribution in [1.82, 2.24) is 4.98 Å². The molecule has 24 heavy (non-hydrogen) atoms. The Morgan fingerprint density at radius 3 is 2.54 bits per heavy atom. The molecule has 1 aliphatic rings. The van der Waals surface area contributed by atoms with E-state index in [4.69, 9.17) is 4.18 Å². The summed E-state index contributed by atoms with van der Waals surface area (Å²) < 4.78 is 30.2. The number of hydrogen-bond acceptors (Lipinski definition) is 3. The summed E-state index contributed by atoms with van der Waals surface area (Å²) in [6, 6.07) is 12.1. The van der Waals surface area contributed by atoms with Gasteiger partial charge in [-0.2, -0.15) is 8.42 Å². The van der Waals surface area contributed by atoms with E-state index in [1.807, 2.05) is 19.1 Å². The molecule has 3 aromatic rings. The second kappa shape index (κ2) is 5.67. The Hall–Kier alpha value is -2.27. The number of hydrogen-bond donors (Lipinski definition) is 1. The summed E-state index contributed by atoms with van der Waals surface area (Å²) >= 11 is 0. The molecule has 0 fully saturated rings. The lowest BCUT2D eigenvalue weighted by Gasteiger charge is -2.11. The van der Waals surface area contributed by atoms with E-state index >= 15 is 0 Å². The number of benzene rings is 2. The molecule has 0 spiro atoms. The fourth-order valence-corrected chi connectivity index (χ4v) is 4.24. The highest BCUT2D eigenvalue weighted by molar-refractivity contribution is 7.87. The van der Waals surface area contributed by atoms with Crippen molar-refractivity contribution in [2.24, 2.45) is 0 Å². The van der Waals surface area contributed by atoms with Crippen LogP contribution < -0.4 is 4.18 Å². The van der Waals surface area contributed by atoms with E-state index in [2.05, 4.69) is 4.98 Å². The second-order valence-electron chi connectivity index (χ2n) is 6.35. The lowest BCUT2D eigenvalue weighted by Crippen LogP contribution is -2.09. The molecule has 4 nitrogen and oxygen atoms in total. The third kappa shape index (κ3) is 2.69. The standard InChI is InChI=1S/C19H19NO3S/c1-13-6-9-15(10-7-13)24(21,22)23-14-8-11-19-17(12-14)16-4-2-3-5-18(16)20-19/h6-12,20H,2-5H2,1H3. The smallest absolute Gasteiger partial charge is 0.339 e. The molecular formula is C19H19NO3S. The summed E-state index contributed by atoms with van der Waals surface area (Å²) in [7, 11) is -3.81. The van der Waals surface area contributed by atoms with Crippen molar-refractivity contribution in [1.29, 1.82) is 0 Å². The van der Waals surface area contributed by atoms with Gasteiger partial charge in [0.2, 0.25) is 0 Å². The van der Waals surface area contributed by atoms with Crippen LogP contribution >= 0.6 is 0 Å². The van der Waals surface area contributed by atoms with Gasteiger partial charge in [-0.05, 0) is 68.5 Å². The fourth-order valence-electron chi connectivity index (χ4n) is 3.32. The summed E-state index contributed by atoms with van der Waals surface area (Å²) in [6.07, 6.45) is 4.46. The largest absolute Gasteiger partial charge is 0.379 e. The zero-order chi connectivity index (χ0) is 16.7. The van der Waals surface area contributed by atoms with E-state index in [-0.39, 0.29) is 4.90 Å². The minimum atomic E-state index is -3.81. The van der Waals surface area contributed by atoms with Crippen LogP contribution in [0.2, 0.25) is 0 Å². The molecule has 1 aromatic heterocycles. The van der Waals surface area contributed by atoms with Gasteiger partial charge in [0.25, 0.3) is 0 Å². The molecular weight excluding hydrogens is 322 g/mol. The maximum absolute atomic E-state index is 12.4. The maximum atomic E-state index is 12.4. The second-order valence-corrected chi connectivity index (χ2v) is 7.89. The number of aromatic nitrogens is 1. The molecule has 0 unspecified atom stereocenters. The first-order valence-electron chi connectivity index (χ1n) is 8.17. The van der Waals surface area contributed by atoms with E-state index < -0.39 is 10.1 Å². The lowest BCUT2D eigenvalue weighted by molar-refractivity contribution is 0.486. The maximum Gasteiger partial charge on any atom is 0.339 e. The number of nitrogens with one attached hydrogen (secondary N) is 1. The molecule has 124 valence electrons. The Kier molecular flexibility index (Phi) is 3.61. The molecule has 0 radical (unpaired) electrons.